The van der Waals surface area contributed by atoms with Gasteiger partial charge in [-0.2, -0.15) is 13.2 Å². The summed E-state index contributed by atoms with van der Waals surface area (Å²) in [6, 6.07) is 17.4. The van der Waals surface area contributed by atoms with E-state index in [0.29, 0.717) is 26.2 Å². The van der Waals surface area contributed by atoms with E-state index in [4.69, 9.17) is 0 Å². The molecule has 25 heavy (non-hydrogen) atoms. The number of hydrogen-bond donors (Lipinski definition) is 0. The third-order valence-electron chi connectivity index (χ3n) is 4.43. The summed E-state index contributed by atoms with van der Waals surface area (Å²) in [7, 11) is 0. The highest BCUT2D eigenvalue weighted by Crippen LogP contribution is 2.28. The van der Waals surface area contributed by atoms with Crippen molar-refractivity contribution in [3.05, 3.63) is 72.3 Å². The summed E-state index contributed by atoms with van der Waals surface area (Å²) in [5.74, 6) is 0. The second kappa shape index (κ2) is 7.74. The summed E-state index contributed by atoms with van der Waals surface area (Å²) < 4.78 is 40.6. The van der Waals surface area contributed by atoms with E-state index >= 15 is 0 Å². The van der Waals surface area contributed by atoms with Gasteiger partial charge in [-0.15, -0.1) is 0 Å². The Bertz CT molecular complexity index is 675. The van der Waals surface area contributed by atoms with Crippen LogP contribution in [0.5, 0.6) is 0 Å². The van der Waals surface area contributed by atoms with Crippen LogP contribution in [0.3, 0.4) is 0 Å². The maximum absolute atomic E-state index is 13.5. The first kappa shape index (κ1) is 17.5. The molecule has 0 aliphatic carbocycles. The van der Waals surface area contributed by atoms with Gasteiger partial charge in [-0.05, 0) is 17.7 Å². The molecule has 1 aliphatic rings. The van der Waals surface area contributed by atoms with Crippen LogP contribution in [-0.2, 0) is 0 Å². The monoisotopic (exact) mass is 346 g/mol. The van der Waals surface area contributed by atoms with Crippen molar-refractivity contribution in [1.29, 1.82) is 0 Å². The van der Waals surface area contributed by atoms with Crippen molar-refractivity contribution in [2.45, 2.75) is 12.2 Å². The van der Waals surface area contributed by atoms with Gasteiger partial charge in [0, 0.05) is 31.9 Å². The summed E-state index contributed by atoms with van der Waals surface area (Å²) in [4.78, 5) is 3.64. The highest BCUT2D eigenvalue weighted by atomic mass is 19.4. The zero-order valence-corrected chi connectivity index (χ0v) is 13.9. The lowest BCUT2D eigenvalue weighted by molar-refractivity contribution is -0.170. The van der Waals surface area contributed by atoms with Crippen LogP contribution in [0, 0.1) is 0 Å². The Balaban J connectivity index is 1.68. The van der Waals surface area contributed by atoms with Crippen molar-refractivity contribution in [3.63, 3.8) is 0 Å². The first-order valence-corrected chi connectivity index (χ1v) is 8.38. The largest absolute Gasteiger partial charge is 0.407 e. The Hall–Kier alpha value is -2.27. The van der Waals surface area contributed by atoms with Gasteiger partial charge in [-0.1, -0.05) is 60.7 Å². The van der Waals surface area contributed by atoms with Crippen molar-refractivity contribution in [1.82, 2.24) is 4.90 Å². The van der Waals surface area contributed by atoms with Crippen LogP contribution in [0.4, 0.5) is 18.9 Å². The Morgan fingerprint density at radius 3 is 1.92 bits per heavy atom. The van der Waals surface area contributed by atoms with E-state index in [2.05, 4.69) is 4.90 Å². The third kappa shape index (κ3) is 4.63. The minimum Gasteiger partial charge on any atom is -0.369 e. The molecule has 0 bridgehead atoms. The maximum Gasteiger partial charge on any atom is 0.407 e. The highest BCUT2D eigenvalue weighted by Gasteiger charge is 2.42. The number of alkyl halides is 3. The van der Waals surface area contributed by atoms with Crippen molar-refractivity contribution in [2.75, 3.05) is 31.1 Å². The first-order chi connectivity index (χ1) is 12.0. The number of benzene rings is 2. The predicted octanol–water partition coefficient (Wildman–Crippen LogP) is 4.45. The highest BCUT2D eigenvalue weighted by molar-refractivity contribution is 5.50. The molecule has 1 fully saturated rings. The molecule has 0 N–H and O–H groups in total. The molecule has 1 heterocycles. The molecule has 0 amide bonds. The van der Waals surface area contributed by atoms with Gasteiger partial charge in [0.25, 0.3) is 0 Å². The quantitative estimate of drug-likeness (QED) is 0.807. The molecule has 0 unspecified atom stereocenters. The van der Waals surface area contributed by atoms with Crippen molar-refractivity contribution in [2.24, 2.45) is 0 Å². The summed E-state index contributed by atoms with van der Waals surface area (Å²) >= 11 is 0. The first-order valence-electron chi connectivity index (χ1n) is 8.38. The van der Waals surface area contributed by atoms with E-state index in [-0.39, 0.29) is 0 Å². The third-order valence-corrected chi connectivity index (χ3v) is 4.43. The van der Waals surface area contributed by atoms with E-state index in [1.165, 1.54) is 11.0 Å². The van der Waals surface area contributed by atoms with Gasteiger partial charge in [0.1, 0.15) is 6.04 Å². The van der Waals surface area contributed by atoms with E-state index in [1.54, 1.807) is 18.2 Å². The van der Waals surface area contributed by atoms with Gasteiger partial charge in [-0.25, -0.2) is 0 Å². The molecule has 5 heteroatoms. The normalized spacial score (nSPS) is 17.8. The van der Waals surface area contributed by atoms with Crippen LogP contribution in [-0.4, -0.2) is 43.3 Å². The zero-order chi connectivity index (χ0) is 17.7. The summed E-state index contributed by atoms with van der Waals surface area (Å²) in [6.45, 7) is 1.96. The molecule has 0 spiro atoms. The molecule has 1 saturated heterocycles. The summed E-state index contributed by atoms with van der Waals surface area (Å²) in [5.41, 5.74) is 1.84. The molecule has 2 aromatic carbocycles. The van der Waals surface area contributed by atoms with Gasteiger partial charge in [-0.3, -0.25) is 4.90 Å². The molecule has 3 rings (SSSR count). The minimum atomic E-state index is -4.28. The molecule has 0 aromatic heterocycles. The van der Waals surface area contributed by atoms with Crippen molar-refractivity contribution in [3.8, 4) is 0 Å². The zero-order valence-electron chi connectivity index (χ0n) is 13.9. The maximum atomic E-state index is 13.5. The minimum absolute atomic E-state index is 0.387. The summed E-state index contributed by atoms with van der Waals surface area (Å²) in [6.07, 6.45) is -1.45. The fourth-order valence-corrected chi connectivity index (χ4v) is 3.10. The second-order valence-electron chi connectivity index (χ2n) is 6.11. The van der Waals surface area contributed by atoms with Gasteiger partial charge < -0.3 is 4.90 Å². The van der Waals surface area contributed by atoms with E-state index in [9.17, 15) is 13.2 Å². The van der Waals surface area contributed by atoms with Crippen LogP contribution >= 0.6 is 0 Å². The van der Waals surface area contributed by atoms with Gasteiger partial charge in [0.15, 0.2) is 0 Å². The molecule has 2 aromatic rings. The Labute approximate surface area is 146 Å². The molecule has 0 radical (unpaired) electrons. The Kier molecular flexibility index (Phi) is 5.43. The fourth-order valence-electron chi connectivity index (χ4n) is 3.10. The van der Waals surface area contributed by atoms with E-state index in [1.807, 2.05) is 48.5 Å². The lowest BCUT2D eigenvalue weighted by Gasteiger charge is -2.39. The van der Waals surface area contributed by atoms with Gasteiger partial charge in [0.2, 0.25) is 0 Å². The topological polar surface area (TPSA) is 6.48 Å². The lowest BCUT2D eigenvalue weighted by atomic mass is 10.1. The van der Waals surface area contributed by atoms with Gasteiger partial charge in [0.05, 0.1) is 0 Å². The molecular formula is C20H21F3N2. The summed E-state index contributed by atoms with van der Waals surface area (Å²) in [5, 5.41) is 0. The molecule has 0 saturated carbocycles. The van der Waals surface area contributed by atoms with Crippen LogP contribution in [0.2, 0.25) is 0 Å². The lowest BCUT2D eigenvalue weighted by Crippen LogP contribution is -2.54. The number of nitrogens with zero attached hydrogens (tertiary/aromatic N) is 2. The number of anilines is 1. The second-order valence-corrected chi connectivity index (χ2v) is 6.11. The van der Waals surface area contributed by atoms with Gasteiger partial charge >= 0.3 is 6.18 Å². The number of piperazine rings is 1. The van der Waals surface area contributed by atoms with Crippen molar-refractivity contribution >= 4 is 11.8 Å². The number of para-hydroxylation sites is 1. The number of rotatable bonds is 4. The standard InChI is InChI=1S/C20H21F3N2/c21-20(22,23)19(12-11-17-7-3-1-4-8-17)25-15-13-24(14-16-25)18-9-5-2-6-10-18/h1-12,19H,13-16H2/b12-11+/t19-/m1/s1. The number of hydrogen-bond acceptors (Lipinski definition) is 2. The fraction of sp³-hybridized carbons (Fsp3) is 0.300. The average molecular weight is 346 g/mol. The molecule has 1 aliphatic heterocycles. The van der Waals surface area contributed by atoms with Crippen LogP contribution in [0.15, 0.2) is 66.7 Å². The van der Waals surface area contributed by atoms with Crippen LogP contribution in [0.1, 0.15) is 5.56 Å². The van der Waals surface area contributed by atoms with E-state index in [0.717, 1.165) is 11.3 Å². The number of halogens is 3. The SMILES string of the molecule is FC(F)(F)[C@@H](/C=C/c1ccccc1)N1CCN(c2ccccc2)CC1. The van der Waals surface area contributed by atoms with Crippen LogP contribution < -0.4 is 4.90 Å². The molecule has 132 valence electrons. The molecule has 1 atom stereocenters. The van der Waals surface area contributed by atoms with Crippen molar-refractivity contribution < 1.29 is 13.2 Å². The average Bonchev–Trinajstić information content (AvgIpc) is 2.63. The Morgan fingerprint density at radius 2 is 1.36 bits per heavy atom. The Morgan fingerprint density at radius 1 is 0.800 bits per heavy atom. The smallest absolute Gasteiger partial charge is 0.369 e. The molecule has 2 nitrogen and oxygen atoms in total. The molecular weight excluding hydrogens is 325 g/mol. The van der Waals surface area contributed by atoms with E-state index < -0.39 is 12.2 Å². The van der Waals surface area contributed by atoms with Crippen LogP contribution in [0.25, 0.3) is 6.08 Å². The predicted molar refractivity (Wildman–Crippen MR) is 95.5 cm³/mol.